The highest BCUT2D eigenvalue weighted by atomic mass is 16.3. The summed E-state index contributed by atoms with van der Waals surface area (Å²) in [5.41, 5.74) is 6.25. The molecule has 0 saturated heterocycles. The van der Waals surface area contributed by atoms with E-state index in [0.717, 1.165) is 25.0 Å². The first-order valence-electron chi connectivity index (χ1n) is 6.66. The van der Waals surface area contributed by atoms with E-state index in [-0.39, 0.29) is 12.1 Å². The fraction of sp³-hybridized carbons (Fsp3) is 0.714. The third-order valence-corrected chi connectivity index (χ3v) is 3.67. The van der Waals surface area contributed by atoms with Gasteiger partial charge >= 0.3 is 0 Å². The summed E-state index contributed by atoms with van der Waals surface area (Å²) in [6.45, 7) is 6.57. The number of nitrogens with zero attached hydrogens (tertiary/aromatic N) is 1. The maximum atomic E-state index is 6.25. The average Bonchev–Trinajstić information content (AvgIpc) is 2.84. The Morgan fingerprint density at radius 3 is 2.29 bits per heavy atom. The van der Waals surface area contributed by atoms with Crippen LogP contribution in [0.15, 0.2) is 22.8 Å². The van der Waals surface area contributed by atoms with Gasteiger partial charge in [0.25, 0.3) is 0 Å². The molecule has 0 fully saturated rings. The highest BCUT2D eigenvalue weighted by molar-refractivity contribution is 5.08. The van der Waals surface area contributed by atoms with Crippen molar-refractivity contribution in [2.75, 3.05) is 7.05 Å². The molecule has 2 unspecified atom stereocenters. The van der Waals surface area contributed by atoms with Crippen molar-refractivity contribution in [3.63, 3.8) is 0 Å². The van der Waals surface area contributed by atoms with E-state index in [2.05, 4.69) is 32.7 Å². The molecular weight excluding hydrogens is 212 g/mol. The lowest BCUT2D eigenvalue weighted by Crippen LogP contribution is -2.43. The van der Waals surface area contributed by atoms with Crippen molar-refractivity contribution in [2.45, 2.75) is 58.2 Å². The first-order chi connectivity index (χ1) is 8.15. The lowest BCUT2D eigenvalue weighted by molar-refractivity contribution is 0.123. The molecule has 1 aromatic rings. The summed E-state index contributed by atoms with van der Waals surface area (Å²) in [6.07, 6.45) is 4.96. The van der Waals surface area contributed by atoms with Crippen molar-refractivity contribution in [1.82, 2.24) is 4.90 Å². The van der Waals surface area contributed by atoms with Gasteiger partial charge in [-0.15, -0.1) is 0 Å². The van der Waals surface area contributed by atoms with Crippen LogP contribution in [0.3, 0.4) is 0 Å². The summed E-state index contributed by atoms with van der Waals surface area (Å²) in [6, 6.07) is 4.82. The summed E-state index contributed by atoms with van der Waals surface area (Å²) < 4.78 is 5.56. The summed E-state index contributed by atoms with van der Waals surface area (Å²) in [4.78, 5) is 2.37. The minimum absolute atomic E-state index is 0.117. The molecule has 0 aliphatic rings. The van der Waals surface area contributed by atoms with Gasteiger partial charge in [0.15, 0.2) is 0 Å². The lowest BCUT2D eigenvalue weighted by atomic mass is 9.99. The molecule has 0 aromatic carbocycles. The molecule has 0 radical (unpaired) electrons. The van der Waals surface area contributed by atoms with Crippen LogP contribution >= 0.6 is 0 Å². The molecule has 2 N–H and O–H groups in total. The molecule has 3 nitrogen and oxygen atoms in total. The monoisotopic (exact) mass is 238 g/mol. The number of furan rings is 1. The molecular formula is C14H26N2O. The number of hydrogen-bond acceptors (Lipinski definition) is 3. The Morgan fingerprint density at radius 2 is 1.88 bits per heavy atom. The van der Waals surface area contributed by atoms with Crippen molar-refractivity contribution in [3.05, 3.63) is 24.2 Å². The van der Waals surface area contributed by atoms with Crippen LogP contribution in [0.25, 0.3) is 0 Å². The van der Waals surface area contributed by atoms with Crippen molar-refractivity contribution in [1.29, 1.82) is 0 Å². The van der Waals surface area contributed by atoms with Gasteiger partial charge in [-0.2, -0.15) is 0 Å². The highest BCUT2D eigenvalue weighted by Gasteiger charge is 2.28. The van der Waals surface area contributed by atoms with Crippen LogP contribution in [0.1, 0.15) is 51.8 Å². The maximum Gasteiger partial charge on any atom is 0.122 e. The number of rotatable bonds is 7. The zero-order chi connectivity index (χ0) is 12.8. The number of hydrogen-bond donors (Lipinski definition) is 1. The van der Waals surface area contributed by atoms with Gasteiger partial charge in [-0.3, -0.25) is 4.90 Å². The van der Waals surface area contributed by atoms with E-state index < -0.39 is 0 Å². The molecule has 0 spiro atoms. The van der Waals surface area contributed by atoms with Crippen LogP contribution in [-0.4, -0.2) is 24.0 Å². The molecule has 0 saturated carbocycles. The molecule has 2 atom stereocenters. The molecule has 98 valence electrons. The van der Waals surface area contributed by atoms with E-state index in [1.807, 2.05) is 12.1 Å². The van der Waals surface area contributed by atoms with Gasteiger partial charge < -0.3 is 10.2 Å². The first kappa shape index (κ1) is 14.3. The van der Waals surface area contributed by atoms with Crippen molar-refractivity contribution in [3.8, 4) is 0 Å². The van der Waals surface area contributed by atoms with Crippen LogP contribution in [-0.2, 0) is 0 Å². The molecule has 17 heavy (non-hydrogen) atoms. The maximum absolute atomic E-state index is 6.25. The molecule has 0 amide bonds. The Labute approximate surface area is 105 Å². The summed E-state index contributed by atoms with van der Waals surface area (Å²) in [5, 5.41) is 0. The molecule has 1 rings (SSSR count). The standard InChI is InChI=1S/C14H26N2O/c1-5-11(6-2)16(4)14(12(15)7-3)13-9-8-10-17-13/h8-12,14H,5-7,15H2,1-4H3. The second kappa shape index (κ2) is 6.82. The third-order valence-electron chi connectivity index (χ3n) is 3.67. The van der Waals surface area contributed by atoms with Gasteiger partial charge in [-0.25, -0.2) is 0 Å². The second-order valence-corrected chi connectivity index (χ2v) is 4.67. The molecule has 0 bridgehead atoms. The fourth-order valence-electron chi connectivity index (χ4n) is 2.49. The topological polar surface area (TPSA) is 42.4 Å². The van der Waals surface area contributed by atoms with Gasteiger partial charge in [0, 0.05) is 12.1 Å². The van der Waals surface area contributed by atoms with Gasteiger partial charge in [0.2, 0.25) is 0 Å². The number of nitrogens with two attached hydrogens (primary N) is 1. The minimum atomic E-state index is 0.117. The molecule has 1 aromatic heterocycles. The van der Waals surface area contributed by atoms with Crippen LogP contribution in [0.5, 0.6) is 0 Å². The van der Waals surface area contributed by atoms with Crippen LogP contribution in [0.4, 0.5) is 0 Å². The van der Waals surface area contributed by atoms with E-state index >= 15 is 0 Å². The molecule has 3 heteroatoms. The van der Waals surface area contributed by atoms with E-state index in [1.165, 1.54) is 0 Å². The third kappa shape index (κ3) is 3.33. The quantitative estimate of drug-likeness (QED) is 0.793. The normalized spacial score (nSPS) is 15.5. The van der Waals surface area contributed by atoms with Crippen LogP contribution < -0.4 is 5.73 Å². The largest absolute Gasteiger partial charge is 0.468 e. The Hall–Kier alpha value is -0.800. The van der Waals surface area contributed by atoms with Crippen molar-refractivity contribution >= 4 is 0 Å². The second-order valence-electron chi connectivity index (χ2n) is 4.67. The van der Waals surface area contributed by atoms with E-state index in [0.29, 0.717) is 6.04 Å². The van der Waals surface area contributed by atoms with E-state index in [1.54, 1.807) is 6.26 Å². The number of likely N-dealkylation sites (N-methyl/N-ethyl adjacent to an activating group) is 1. The SMILES string of the molecule is CCC(N)C(c1ccco1)N(C)C(CC)CC. The van der Waals surface area contributed by atoms with Crippen LogP contribution in [0, 0.1) is 0 Å². The first-order valence-corrected chi connectivity index (χ1v) is 6.66. The van der Waals surface area contributed by atoms with E-state index in [4.69, 9.17) is 10.2 Å². The van der Waals surface area contributed by atoms with Gasteiger partial charge in [0.1, 0.15) is 5.76 Å². The predicted octanol–water partition coefficient (Wildman–Crippen LogP) is 3.18. The van der Waals surface area contributed by atoms with Gasteiger partial charge in [-0.1, -0.05) is 20.8 Å². The fourth-order valence-corrected chi connectivity index (χ4v) is 2.49. The van der Waals surface area contributed by atoms with Crippen LogP contribution in [0.2, 0.25) is 0 Å². The van der Waals surface area contributed by atoms with Crippen molar-refractivity contribution < 1.29 is 4.42 Å². The zero-order valence-electron chi connectivity index (χ0n) is 11.5. The average molecular weight is 238 g/mol. The summed E-state index contributed by atoms with van der Waals surface area (Å²) >= 11 is 0. The van der Waals surface area contributed by atoms with Gasteiger partial charge in [0.05, 0.1) is 12.3 Å². The summed E-state index contributed by atoms with van der Waals surface area (Å²) in [5.74, 6) is 0.980. The molecule has 0 aliphatic carbocycles. The van der Waals surface area contributed by atoms with E-state index in [9.17, 15) is 0 Å². The highest BCUT2D eigenvalue weighted by Crippen LogP contribution is 2.27. The Bertz CT molecular complexity index is 293. The Balaban J connectivity index is 2.90. The Kier molecular flexibility index (Phi) is 5.72. The van der Waals surface area contributed by atoms with Crippen molar-refractivity contribution in [2.24, 2.45) is 5.73 Å². The lowest BCUT2D eigenvalue weighted by Gasteiger charge is -2.36. The predicted molar refractivity (Wildman–Crippen MR) is 71.8 cm³/mol. The van der Waals surface area contributed by atoms with Gasteiger partial charge in [-0.05, 0) is 38.4 Å². The molecule has 0 aliphatic heterocycles. The molecule has 1 heterocycles. The zero-order valence-corrected chi connectivity index (χ0v) is 11.5. The Morgan fingerprint density at radius 1 is 1.24 bits per heavy atom. The summed E-state index contributed by atoms with van der Waals surface area (Å²) in [7, 11) is 2.15. The minimum Gasteiger partial charge on any atom is -0.468 e. The smallest absolute Gasteiger partial charge is 0.122 e.